The summed E-state index contributed by atoms with van der Waals surface area (Å²) in [5.74, 6) is 2.75. The van der Waals surface area contributed by atoms with Gasteiger partial charge in [0.25, 0.3) is 0 Å². The number of furan rings is 1. The highest BCUT2D eigenvalue weighted by molar-refractivity contribution is 5.63. The van der Waals surface area contributed by atoms with Crippen LogP contribution in [0.15, 0.2) is 40.8 Å². The summed E-state index contributed by atoms with van der Waals surface area (Å²) >= 11 is 0. The minimum Gasteiger partial charge on any atom is -0.460 e. The van der Waals surface area contributed by atoms with E-state index >= 15 is 0 Å². The summed E-state index contributed by atoms with van der Waals surface area (Å²) in [7, 11) is 0. The Labute approximate surface area is 121 Å². The van der Waals surface area contributed by atoms with Crippen LogP contribution in [0.4, 0.5) is 0 Å². The third kappa shape index (κ3) is 2.80. The first-order chi connectivity index (χ1) is 9.74. The fraction of sp³-hybridized carbons (Fsp3) is 0.444. The van der Waals surface area contributed by atoms with Crippen molar-refractivity contribution in [2.75, 3.05) is 0 Å². The molecule has 1 fully saturated rings. The molecule has 1 heterocycles. The lowest BCUT2D eigenvalue weighted by Gasteiger charge is -2.27. The van der Waals surface area contributed by atoms with Crippen molar-refractivity contribution >= 4 is 0 Å². The molecule has 2 aromatic rings. The van der Waals surface area contributed by atoms with Gasteiger partial charge in [-0.15, -0.1) is 0 Å². The highest BCUT2D eigenvalue weighted by Crippen LogP contribution is 2.41. The lowest BCUT2D eigenvalue weighted by molar-refractivity contribution is 0.419. The molecule has 0 atom stereocenters. The Kier molecular flexibility index (Phi) is 3.93. The molecule has 1 aliphatic rings. The molecule has 0 spiro atoms. The van der Waals surface area contributed by atoms with Crippen molar-refractivity contribution in [2.45, 2.75) is 51.6 Å². The zero-order chi connectivity index (χ0) is 13.9. The molecule has 1 N–H and O–H groups in total. The Morgan fingerprint density at radius 2 is 1.95 bits per heavy atom. The number of benzene rings is 1. The van der Waals surface area contributed by atoms with Crippen LogP contribution in [-0.4, -0.2) is 6.04 Å². The Bertz CT molecular complexity index is 566. The maximum absolute atomic E-state index is 6.02. The summed E-state index contributed by atoms with van der Waals surface area (Å²) in [5.41, 5.74) is 2.73. The van der Waals surface area contributed by atoms with E-state index in [1.54, 1.807) is 0 Å². The molecule has 2 heteroatoms. The van der Waals surface area contributed by atoms with Crippen LogP contribution in [0.3, 0.4) is 0 Å². The third-order valence-electron chi connectivity index (χ3n) is 4.12. The molecule has 0 amide bonds. The van der Waals surface area contributed by atoms with Gasteiger partial charge in [-0.1, -0.05) is 44.5 Å². The molecule has 1 aliphatic carbocycles. The molecule has 0 bridgehead atoms. The van der Waals surface area contributed by atoms with Gasteiger partial charge < -0.3 is 9.73 Å². The van der Waals surface area contributed by atoms with Crippen molar-refractivity contribution in [3.05, 3.63) is 47.7 Å². The Morgan fingerprint density at radius 1 is 1.15 bits per heavy atom. The summed E-state index contributed by atoms with van der Waals surface area (Å²) in [6, 6.07) is 13.4. The van der Waals surface area contributed by atoms with Crippen molar-refractivity contribution in [2.24, 2.45) is 0 Å². The average Bonchev–Trinajstić information content (AvgIpc) is 2.84. The molecule has 1 aromatic carbocycles. The molecule has 2 nitrogen and oxygen atoms in total. The number of rotatable bonds is 5. The molecule has 20 heavy (non-hydrogen) atoms. The molecule has 0 saturated heterocycles. The number of hydrogen-bond acceptors (Lipinski definition) is 2. The molecule has 1 aromatic heterocycles. The SMILES string of the molecule is CC(C)NCc1ccc(-c2ccccc2C2CCC2)o1. The zero-order valence-corrected chi connectivity index (χ0v) is 12.4. The van der Waals surface area contributed by atoms with Gasteiger partial charge in [-0.05, 0) is 36.5 Å². The molecule has 0 unspecified atom stereocenters. The quantitative estimate of drug-likeness (QED) is 0.850. The Morgan fingerprint density at radius 3 is 2.65 bits per heavy atom. The van der Waals surface area contributed by atoms with E-state index in [4.69, 9.17) is 4.42 Å². The van der Waals surface area contributed by atoms with Gasteiger partial charge in [0.2, 0.25) is 0 Å². The van der Waals surface area contributed by atoms with Crippen LogP contribution in [0.1, 0.15) is 50.4 Å². The molecule has 3 rings (SSSR count). The predicted molar refractivity (Wildman–Crippen MR) is 82.7 cm³/mol. The van der Waals surface area contributed by atoms with Gasteiger partial charge in [0.1, 0.15) is 11.5 Å². The fourth-order valence-electron chi connectivity index (χ4n) is 2.72. The van der Waals surface area contributed by atoms with Gasteiger partial charge in [-0.3, -0.25) is 0 Å². The van der Waals surface area contributed by atoms with Gasteiger partial charge in [-0.25, -0.2) is 0 Å². The van der Waals surface area contributed by atoms with Gasteiger partial charge in [-0.2, -0.15) is 0 Å². The maximum Gasteiger partial charge on any atom is 0.134 e. The molecular weight excluding hydrogens is 246 g/mol. The van der Waals surface area contributed by atoms with Crippen molar-refractivity contribution in [3.8, 4) is 11.3 Å². The van der Waals surface area contributed by atoms with Crippen molar-refractivity contribution < 1.29 is 4.42 Å². The molecular formula is C18H23NO. The summed E-state index contributed by atoms with van der Waals surface area (Å²) in [6.45, 7) is 5.09. The number of hydrogen-bond donors (Lipinski definition) is 1. The summed E-state index contributed by atoms with van der Waals surface area (Å²) in [4.78, 5) is 0. The number of nitrogens with one attached hydrogen (secondary N) is 1. The minimum atomic E-state index is 0.478. The van der Waals surface area contributed by atoms with Crippen LogP contribution in [0.5, 0.6) is 0 Å². The molecule has 1 saturated carbocycles. The van der Waals surface area contributed by atoms with Crippen LogP contribution < -0.4 is 5.32 Å². The van der Waals surface area contributed by atoms with Crippen LogP contribution in [0.2, 0.25) is 0 Å². The Hall–Kier alpha value is -1.54. The molecule has 106 valence electrons. The van der Waals surface area contributed by atoms with E-state index in [1.165, 1.54) is 30.4 Å². The lowest BCUT2D eigenvalue weighted by atomic mass is 9.78. The van der Waals surface area contributed by atoms with E-state index in [9.17, 15) is 0 Å². The van der Waals surface area contributed by atoms with Crippen molar-refractivity contribution in [1.29, 1.82) is 0 Å². The zero-order valence-electron chi connectivity index (χ0n) is 12.4. The van der Waals surface area contributed by atoms with Crippen LogP contribution >= 0.6 is 0 Å². The second-order valence-electron chi connectivity index (χ2n) is 6.02. The standard InChI is InChI=1S/C18H23NO/c1-13(2)19-12-15-10-11-18(20-15)17-9-4-3-8-16(17)14-6-5-7-14/h3-4,8-11,13-14,19H,5-7,12H2,1-2H3. The van der Waals surface area contributed by atoms with E-state index in [0.29, 0.717) is 6.04 Å². The molecule has 0 radical (unpaired) electrons. The van der Waals surface area contributed by atoms with Gasteiger partial charge in [0.05, 0.1) is 6.54 Å². The summed E-state index contributed by atoms with van der Waals surface area (Å²) < 4.78 is 6.02. The Balaban J connectivity index is 1.82. The van der Waals surface area contributed by atoms with E-state index in [1.807, 2.05) is 0 Å². The smallest absolute Gasteiger partial charge is 0.134 e. The monoisotopic (exact) mass is 269 g/mol. The summed E-state index contributed by atoms with van der Waals surface area (Å²) in [5, 5.41) is 3.39. The molecule has 0 aliphatic heterocycles. The maximum atomic E-state index is 6.02. The topological polar surface area (TPSA) is 25.2 Å². The fourth-order valence-corrected chi connectivity index (χ4v) is 2.72. The van der Waals surface area contributed by atoms with Gasteiger partial charge >= 0.3 is 0 Å². The second-order valence-corrected chi connectivity index (χ2v) is 6.02. The minimum absolute atomic E-state index is 0.478. The first-order valence-electron chi connectivity index (χ1n) is 7.65. The first kappa shape index (κ1) is 13.4. The average molecular weight is 269 g/mol. The van der Waals surface area contributed by atoms with E-state index in [-0.39, 0.29) is 0 Å². The second kappa shape index (κ2) is 5.84. The van der Waals surface area contributed by atoms with Gasteiger partial charge in [0, 0.05) is 11.6 Å². The van der Waals surface area contributed by atoms with Crippen LogP contribution in [-0.2, 0) is 6.54 Å². The van der Waals surface area contributed by atoms with E-state index < -0.39 is 0 Å². The summed E-state index contributed by atoms with van der Waals surface area (Å²) in [6.07, 6.45) is 4.00. The van der Waals surface area contributed by atoms with Crippen molar-refractivity contribution in [3.63, 3.8) is 0 Å². The third-order valence-corrected chi connectivity index (χ3v) is 4.12. The van der Waals surface area contributed by atoms with Crippen LogP contribution in [0, 0.1) is 0 Å². The van der Waals surface area contributed by atoms with Crippen molar-refractivity contribution in [1.82, 2.24) is 5.32 Å². The normalized spacial score (nSPS) is 15.6. The van der Waals surface area contributed by atoms with Gasteiger partial charge in [0.15, 0.2) is 0 Å². The highest BCUT2D eigenvalue weighted by Gasteiger charge is 2.23. The van der Waals surface area contributed by atoms with E-state index in [2.05, 4.69) is 55.6 Å². The first-order valence-corrected chi connectivity index (χ1v) is 7.65. The largest absolute Gasteiger partial charge is 0.460 e. The van der Waals surface area contributed by atoms with E-state index in [0.717, 1.165) is 24.0 Å². The lowest BCUT2D eigenvalue weighted by Crippen LogP contribution is -2.21. The van der Waals surface area contributed by atoms with Crippen LogP contribution in [0.25, 0.3) is 11.3 Å². The predicted octanol–water partition coefficient (Wildman–Crippen LogP) is 4.71. The highest BCUT2D eigenvalue weighted by atomic mass is 16.3.